The number of benzene rings is 1. The average molecular weight is 304 g/mol. The van der Waals surface area contributed by atoms with Crippen LogP contribution < -0.4 is 0 Å². The normalized spacial score (nSPS) is 10.8. The molecule has 0 saturated heterocycles. The Labute approximate surface area is 126 Å². The fourth-order valence-corrected chi connectivity index (χ4v) is 2.58. The highest BCUT2D eigenvalue weighted by Crippen LogP contribution is 2.29. The first-order valence-corrected chi connectivity index (χ1v) is 6.84. The number of halogens is 2. The summed E-state index contributed by atoms with van der Waals surface area (Å²) in [7, 11) is 0. The molecule has 0 spiro atoms. The second-order valence-corrected chi connectivity index (χ2v) is 5.21. The molecule has 0 fully saturated rings. The second kappa shape index (κ2) is 5.27. The van der Waals surface area contributed by atoms with E-state index in [0.29, 0.717) is 15.7 Å². The van der Waals surface area contributed by atoms with Gasteiger partial charge in [0, 0.05) is 23.7 Å². The summed E-state index contributed by atoms with van der Waals surface area (Å²) < 4.78 is 1.74. The highest BCUT2D eigenvalue weighted by Gasteiger charge is 2.14. The van der Waals surface area contributed by atoms with Crippen molar-refractivity contribution in [3.05, 3.63) is 64.5 Å². The molecular weight excluding hydrogens is 293 g/mol. The second-order valence-electron chi connectivity index (χ2n) is 4.40. The summed E-state index contributed by atoms with van der Waals surface area (Å²) in [4.78, 5) is 3.96. The third kappa shape index (κ3) is 2.30. The molecule has 3 rings (SSSR count). The lowest BCUT2D eigenvalue weighted by atomic mass is 10.1. The Balaban J connectivity index is 2.15. The van der Waals surface area contributed by atoms with E-state index >= 15 is 0 Å². The van der Waals surface area contributed by atoms with Crippen LogP contribution in [0.25, 0.3) is 16.9 Å². The minimum Gasteiger partial charge on any atom is -0.261 e. The van der Waals surface area contributed by atoms with Crippen LogP contribution in [0.3, 0.4) is 0 Å². The molecule has 0 aliphatic rings. The van der Waals surface area contributed by atoms with Gasteiger partial charge in [-0.25, -0.2) is 4.68 Å². The molecule has 0 unspecified atom stereocenters. The van der Waals surface area contributed by atoms with Crippen molar-refractivity contribution in [2.75, 3.05) is 0 Å². The van der Waals surface area contributed by atoms with Gasteiger partial charge in [-0.3, -0.25) is 4.98 Å². The molecule has 2 heterocycles. The lowest BCUT2D eigenvalue weighted by Gasteiger charge is -2.08. The van der Waals surface area contributed by atoms with Crippen LogP contribution in [0.5, 0.6) is 0 Å². The van der Waals surface area contributed by atoms with E-state index in [9.17, 15) is 0 Å². The Kier molecular flexibility index (Phi) is 3.47. The van der Waals surface area contributed by atoms with Gasteiger partial charge in [0.2, 0.25) is 0 Å². The van der Waals surface area contributed by atoms with Gasteiger partial charge >= 0.3 is 0 Å². The number of rotatable bonds is 2. The molecule has 0 aliphatic carbocycles. The minimum absolute atomic E-state index is 0.475. The van der Waals surface area contributed by atoms with Crippen molar-refractivity contribution in [2.45, 2.75) is 6.92 Å². The zero-order valence-electron chi connectivity index (χ0n) is 10.7. The standard InChI is InChI=1S/C15H11Cl2N3/c1-10-7-14(11-5-3-2-4-6-11)19-20(10)15-12(16)8-18-9-13(15)17/h2-9H,1H3. The van der Waals surface area contributed by atoms with Gasteiger partial charge in [-0.05, 0) is 13.0 Å². The highest BCUT2D eigenvalue weighted by molar-refractivity contribution is 6.37. The van der Waals surface area contributed by atoms with E-state index in [0.717, 1.165) is 17.0 Å². The zero-order chi connectivity index (χ0) is 14.1. The first kappa shape index (κ1) is 13.2. The lowest BCUT2D eigenvalue weighted by molar-refractivity contribution is 0.848. The monoisotopic (exact) mass is 303 g/mol. The van der Waals surface area contributed by atoms with Crippen molar-refractivity contribution in [2.24, 2.45) is 0 Å². The Morgan fingerprint density at radius 1 is 1.00 bits per heavy atom. The van der Waals surface area contributed by atoms with Crippen LogP contribution in [0.1, 0.15) is 5.69 Å². The molecular formula is C15H11Cl2N3. The molecule has 100 valence electrons. The van der Waals surface area contributed by atoms with Gasteiger partial charge in [0.25, 0.3) is 0 Å². The van der Waals surface area contributed by atoms with Crippen LogP contribution in [-0.2, 0) is 0 Å². The summed E-state index contributed by atoms with van der Waals surface area (Å²) in [6.07, 6.45) is 3.12. The van der Waals surface area contributed by atoms with Crippen LogP contribution in [0.2, 0.25) is 10.0 Å². The maximum atomic E-state index is 6.18. The molecule has 5 heteroatoms. The molecule has 3 aromatic rings. The summed E-state index contributed by atoms with van der Waals surface area (Å²) in [5.74, 6) is 0. The SMILES string of the molecule is Cc1cc(-c2ccccc2)nn1-c1c(Cl)cncc1Cl. The van der Waals surface area contributed by atoms with Crippen LogP contribution in [-0.4, -0.2) is 14.8 Å². The van der Waals surface area contributed by atoms with E-state index in [4.69, 9.17) is 23.2 Å². The lowest BCUT2D eigenvalue weighted by Crippen LogP contribution is -2.01. The molecule has 1 aromatic carbocycles. The van der Waals surface area contributed by atoms with E-state index in [1.807, 2.05) is 43.3 Å². The van der Waals surface area contributed by atoms with Crippen molar-refractivity contribution < 1.29 is 0 Å². The number of aryl methyl sites for hydroxylation is 1. The van der Waals surface area contributed by atoms with Gasteiger partial charge in [0.05, 0.1) is 15.7 Å². The quantitative estimate of drug-likeness (QED) is 0.695. The highest BCUT2D eigenvalue weighted by atomic mass is 35.5. The molecule has 0 atom stereocenters. The maximum absolute atomic E-state index is 6.18. The van der Waals surface area contributed by atoms with E-state index in [1.165, 1.54) is 0 Å². The van der Waals surface area contributed by atoms with E-state index in [1.54, 1.807) is 17.1 Å². The number of nitrogens with zero attached hydrogens (tertiary/aromatic N) is 3. The molecule has 0 radical (unpaired) electrons. The molecule has 0 amide bonds. The van der Waals surface area contributed by atoms with Crippen LogP contribution >= 0.6 is 23.2 Å². The van der Waals surface area contributed by atoms with Crippen LogP contribution in [0, 0.1) is 6.92 Å². The predicted octanol–water partition coefficient (Wildman–Crippen LogP) is 4.55. The summed E-state index contributed by atoms with van der Waals surface area (Å²) in [5.41, 5.74) is 3.55. The Morgan fingerprint density at radius 2 is 1.65 bits per heavy atom. The topological polar surface area (TPSA) is 30.7 Å². The maximum Gasteiger partial charge on any atom is 0.105 e. The Hall–Kier alpha value is -1.84. The van der Waals surface area contributed by atoms with Crippen molar-refractivity contribution in [1.29, 1.82) is 0 Å². The smallest absolute Gasteiger partial charge is 0.105 e. The fourth-order valence-electron chi connectivity index (χ4n) is 2.06. The van der Waals surface area contributed by atoms with Crippen molar-refractivity contribution in [3.63, 3.8) is 0 Å². The van der Waals surface area contributed by atoms with E-state index in [2.05, 4.69) is 10.1 Å². The number of hydrogen-bond donors (Lipinski definition) is 0. The minimum atomic E-state index is 0.475. The van der Waals surface area contributed by atoms with E-state index < -0.39 is 0 Å². The summed E-state index contributed by atoms with van der Waals surface area (Å²) in [6, 6.07) is 12.0. The molecule has 0 bridgehead atoms. The van der Waals surface area contributed by atoms with Crippen LogP contribution in [0.4, 0.5) is 0 Å². The Bertz CT molecular complexity index is 731. The number of hydrogen-bond acceptors (Lipinski definition) is 2. The van der Waals surface area contributed by atoms with Gasteiger partial charge in [-0.2, -0.15) is 5.10 Å². The van der Waals surface area contributed by atoms with E-state index in [-0.39, 0.29) is 0 Å². The molecule has 0 N–H and O–H groups in total. The molecule has 3 nitrogen and oxygen atoms in total. The Morgan fingerprint density at radius 3 is 2.30 bits per heavy atom. The summed E-state index contributed by atoms with van der Waals surface area (Å²) in [5, 5.41) is 5.54. The third-order valence-corrected chi connectivity index (χ3v) is 3.55. The largest absolute Gasteiger partial charge is 0.261 e. The van der Waals surface area contributed by atoms with Gasteiger partial charge < -0.3 is 0 Å². The van der Waals surface area contributed by atoms with Gasteiger partial charge in [0.1, 0.15) is 5.69 Å². The predicted molar refractivity (Wildman–Crippen MR) is 81.6 cm³/mol. The first-order chi connectivity index (χ1) is 9.66. The van der Waals surface area contributed by atoms with Gasteiger partial charge in [-0.15, -0.1) is 0 Å². The third-order valence-electron chi connectivity index (χ3n) is 3.00. The molecule has 20 heavy (non-hydrogen) atoms. The van der Waals surface area contributed by atoms with Crippen LogP contribution in [0.15, 0.2) is 48.8 Å². The molecule has 0 aliphatic heterocycles. The number of pyridine rings is 1. The van der Waals surface area contributed by atoms with Crippen molar-refractivity contribution in [3.8, 4) is 16.9 Å². The van der Waals surface area contributed by atoms with Crippen molar-refractivity contribution in [1.82, 2.24) is 14.8 Å². The van der Waals surface area contributed by atoms with Gasteiger partial charge in [0.15, 0.2) is 0 Å². The first-order valence-electron chi connectivity index (χ1n) is 6.08. The number of aromatic nitrogens is 3. The molecule has 0 saturated carbocycles. The van der Waals surface area contributed by atoms with Gasteiger partial charge in [-0.1, -0.05) is 53.5 Å². The molecule has 2 aromatic heterocycles. The fraction of sp³-hybridized carbons (Fsp3) is 0.0667. The summed E-state index contributed by atoms with van der Waals surface area (Å²) in [6.45, 7) is 1.96. The zero-order valence-corrected chi connectivity index (χ0v) is 12.2. The summed E-state index contributed by atoms with van der Waals surface area (Å²) >= 11 is 12.4. The van der Waals surface area contributed by atoms with Crippen molar-refractivity contribution >= 4 is 23.2 Å². The average Bonchev–Trinajstić information content (AvgIpc) is 2.82.